The Morgan fingerprint density at radius 3 is 2.68 bits per heavy atom. The van der Waals surface area contributed by atoms with Gasteiger partial charge in [0.05, 0.1) is 0 Å². The fraction of sp³-hybridized carbons (Fsp3) is 0.133. The molecule has 2 aromatic rings. The van der Waals surface area contributed by atoms with E-state index in [2.05, 4.69) is 15.9 Å². The molecule has 4 heteroatoms. The van der Waals surface area contributed by atoms with Crippen LogP contribution in [-0.2, 0) is 6.42 Å². The number of hydrogen-bond donors (Lipinski definition) is 0. The molecule has 0 saturated heterocycles. The number of ketones is 1. The summed E-state index contributed by atoms with van der Waals surface area (Å²) in [6, 6.07) is 9.48. The van der Waals surface area contributed by atoms with Crippen molar-refractivity contribution in [2.45, 2.75) is 13.3 Å². The van der Waals surface area contributed by atoms with Crippen LogP contribution in [0.5, 0.6) is 0 Å². The van der Waals surface area contributed by atoms with Gasteiger partial charge in [-0.15, -0.1) is 0 Å². The van der Waals surface area contributed by atoms with Gasteiger partial charge in [0.2, 0.25) is 0 Å². The minimum atomic E-state index is -0.354. The van der Waals surface area contributed by atoms with Crippen molar-refractivity contribution in [3.63, 3.8) is 0 Å². The van der Waals surface area contributed by atoms with Crippen molar-refractivity contribution in [3.05, 3.63) is 68.4 Å². The van der Waals surface area contributed by atoms with E-state index in [1.54, 1.807) is 24.3 Å². The van der Waals surface area contributed by atoms with E-state index in [1.807, 2.05) is 6.92 Å². The van der Waals surface area contributed by atoms with Gasteiger partial charge < -0.3 is 0 Å². The summed E-state index contributed by atoms with van der Waals surface area (Å²) in [6.07, 6.45) is 0.137. The average molecular weight is 342 g/mol. The van der Waals surface area contributed by atoms with Gasteiger partial charge in [-0.2, -0.15) is 0 Å². The van der Waals surface area contributed by atoms with Gasteiger partial charge in [-0.1, -0.05) is 39.7 Å². The second kappa shape index (κ2) is 5.85. The molecule has 0 unspecified atom stereocenters. The van der Waals surface area contributed by atoms with Gasteiger partial charge in [-0.25, -0.2) is 4.39 Å². The van der Waals surface area contributed by atoms with E-state index in [-0.39, 0.29) is 18.0 Å². The number of aryl methyl sites for hydroxylation is 1. The zero-order chi connectivity index (χ0) is 14.0. The highest BCUT2D eigenvalue weighted by atomic mass is 79.9. The number of carbonyl (C=O) groups is 1. The molecule has 0 N–H and O–H groups in total. The van der Waals surface area contributed by atoms with Gasteiger partial charge in [0.25, 0.3) is 0 Å². The van der Waals surface area contributed by atoms with Gasteiger partial charge in [0.1, 0.15) is 5.82 Å². The summed E-state index contributed by atoms with van der Waals surface area (Å²) in [5.74, 6) is -0.443. The third-order valence-electron chi connectivity index (χ3n) is 2.85. The van der Waals surface area contributed by atoms with Crippen LogP contribution in [0.2, 0.25) is 5.02 Å². The van der Waals surface area contributed by atoms with Gasteiger partial charge in [0.15, 0.2) is 5.78 Å². The summed E-state index contributed by atoms with van der Waals surface area (Å²) in [7, 11) is 0. The summed E-state index contributed by atoms with van der Waals surface area (Å²) in [5.41, 5.74) is 2.08. The molecule has 2 rings (SSSR count). The highest BCUT2D eigenvalue weighted by Crippen LogP contribution is 2.22. The van der Waals surface area contributed by atoms with Crippen LogP contribution in [0.15, 0.2) is 40.9 Å². The SMILES string of the molecule is Cc1ccc(C(=O)Cc2cc(F)ccc2Br)cc1Cl. The molecule has 0 heterocycles. The second-order valence-corrected chi connectivity index (χ2v) is 5.56. The van der Waals surface area contributed by atoms with Crippen molar-refractivity contribution in [2.24, 2.45) is 0 Å². The Balaban J connectivity index is 2.25. The molecule has 0 amide bonds. The first kappa shape index (κ1) is 14.2. The minimum Gasteiger partial charge on any atom is -0.294 e. The fourth-order valence-electron chi connectivity index (χ4n) is 1.72. The molecule has 0 aliphatic carbocycles. The number of rotatable bonds is 3. The molecule has 0 spiro atoms. The molecule has 0 bridgehead atoms. The largest absolute Gasteiger partial charge is 0.294 e. The van der Waals surface area contributed by atoms with E-state index in [0.717, 1.165) is 10.0 Å². The van der Waals surface area contributed by atoms with Gasteiger partial charge >= 0.3 is 0 Å². The number of hydrogen-bond acceptors (Lipinski definition) is 1. The van der Waals surface area contributed by atoms with Crippen molar-refractivity contribution in [2.75, 3.05) is 0 Å². The van der Waals surface area contributed by atoms with Crippen LogP contribution in [0.3, 0.4) is 0 Å². The maximum Gasteiger partial charge on any atom is 0.167 e. The van der Waals surface area contributed by atoms with Gasteiger partial charge in [-0.3, -0.25) is 4.79 Å². The highest BCUT2D eigenvalue weighted by molar-refractivity contribution is 9.10. The first-order valence-corrected chi connectivity index (χ1v) is 6.88. The topological polar surface area (TPSA) is 17.1 Å². The lowest BCUT2D eigenvalue weighted by Crippen LogP contribution is -2.04. The highest BCUT2D eigenvalue weighted by Gasteiger charge is 2.11. The lowest BCUT2D eigenvalue weighted by atomic mass is 10.0. The zero-order valence-corrected chi connectivity index (χ0v) is 12.6. The first-order valence-electron chi connectivity index (χ1n) is 5.70. The summed E-state index contributed by atoms with van der Waals surface area (Å²) in [4.78, 5) is 12.1. The molecule has 0 saturated carbocycles. The van der Waals surface area contributed by atoms with Gasteiger partial charge in [0, 0.05) is 21.5 Å². The molecule has 0 atom stereocenters. The fourth-order valence-corrected chi connectivity index (χ4v) is 2.29. The molecule has 0 radical (unpaired) electrons. The maximum atomic E-state index is 13.2. The van der Waals surface area contributed by atoms with Crippen LogP contribution in [-0.4, -0.2) is 5.78 Å². The van der Waals surface area contributed by atoms with E-state index in [9.17, 15) is 9.18 Å². The number of benzene rings is 2. The van der Waals surface area contributed by atoms with E-state index >= 15 is 0 Å². The molecule has 0 aliphatic heterocycles. The van der Waals surface area contributed by atoms with E-state index in [1.165, 1.54) is 12.1 Å². The van der Waals surface area contributed by atoms with Crippen molar-refractivity contribution in [1.82, 2.24) is 0 Å². The maximum absolute atomic E-state index is 13.2. The summed E-state index contributed by atoms with van der Waals surface area (Å²) < 4.78 is 13.9. The number of halogens is 3. The quantitative estimate of drug-likeness (QED) is 0.720. The molecule has 1 nitrogen and oxygen atoms in total. The molecule has 19 heavy (non-hydrogen) atoms. The summed E-state index contributed by atoms with van der Waals surface area (Å²) in [6.45, 7) is 1.87. The van der Waals surface area contributed by atoms with Crippen molar-refractivity contribution in [3.8, 4) is 0 Å². The average Bonchev–Trinajstić information content (AvgIpc) is 2.37. The third-order valence-corrected chi connectivity index (χ3v) is 4.03. The van der Waals surface area contributed by atoms with E-state index < -0.39 is 0 Å². The molecular formula is C15H11BrClFO. The third kappa shape index (κ3) is 3.43. The second-order valence-electron chi connectivity index (χ2n) is 4.30. The lowest BCUT2D eigenvalue weighted by Gasteiger charge is -2.06. The Kier molecular flexibility index (Phi) is 4.38. The van der Waals surface area contributed by atoms with Gasteiger partial charge in [-0.05, 0) is 42.3 Å². The minimum absolute atomic E-state index is 0.0896. The van der Waals surface area contributed by atoms with Crippen LogP contribution in [0.25, 0.3) is 0 Å². The van der Waals surface area contributed by atoms with Crippen LogP contribution in [0.1, 0.15) is 21.5 Å². The molecule has 2 aromatic carbocycles. The Morgan fingerprint density at radius 1 is 1.26 bits per heavy atom. The van der Waals surface area contributed by atoms with E-state index in [0.29, 0.717) is 16.1 Å². The number of Topliss-reactive ketones (excluding diaryl/α,β-unsaturated/α-hetero) is 1. The smallest absolute Gasteiger partial charge is 0.167 e. The predicted molar refractivity (Wildman–Crippen MR) is 78.3 cm³/mol. The van der Waals surface area contributed by atoms with Crippen LogP contribution in [0, 0.1) is 12.7 Å². The summed E-state index contributed by atoms with van der Waals surface area (Å²) in [5, 5.41) is 0.559. The standard InChI is InChI=1S/C15H11BrClFO/c1-9-2-3-10(7-14(9)17)15(19)8-11-6-12(18)4-5-13(11)16/h2-7H,8H2,1H3. The monoisotopic (exact) mass is 340 g/mol. The molecule has 0 fully saturated rings. The van der Waals surface area contributed by atoms with E-state index in [4.69, 9.17) is 11.6 Å². The van der Waals surface area contributed by atoms with Crippen LogP contribution >= 0.6 is 27.5 Å². The molecule has 0 aliphatic rings. The Labute approximate surface area is 124 Å². The zero-order valence-electron chi connectivity index (χ0n) is 10.2. The summed E-state index contributed by atoms with van der Waals surface area (Å²) >= 11 is 9.31. The van der Waals surface area contributed by atoms with Crippen LogP contribution in [0.4, 0.5) is 4.39 Å². The van der Waals surface area contributed by atoms with Crippen molar-refractivity contribution in [1.29, 1.82) is 0 Å². The predicted octanol–water partition coefficient (Wildman–Crippen LogP) is 4.98. The molecule has 98 valence electrons. The normalized spacial score (nSPS) is 10.5. The van der Waals surface area contributed by atoms with Crippen molar-refractivity contribution >= 4 is 33.3 Å². The lowest BCUT2D eigenvalue weighted by molar-refractivity contribution is 0.0993. The first-order chi connectivity index (χ1) is 8.97. The Morgan fingerprint density at radius 2 is 2.00 bits per heavy atom. The Bertz CT molecular complexity index is 640. The van der Waals surface area contributed by atoms with Crippen molar-refractivity contribution < 1.29 is 9.18 Å². The van der Waals surface area contributed by atoms with Crippen LogP contribution < -0.4 is 0 Å². The molecule has 0 aromatic heterocycles. The number of carbonyl (C=O) groups excluding carboxylic acids is 1. The molecular weight excluding hydrogens is 331 g/mol. The Hall–Kier alpha value is -1.19.